The Morgan fingerprint density at radius 2 is 2.42 bits per heavy atom. The molecule has 0 aromatic carbocycles. The van der Waals surface area contributed by atoms with Crippen molar-refractivity contribution in [3.63, 3.8) is 0 Å². The van der Waals surface area contributed by atoms with E-state index in [1.165, 1.54) is 0 Å². The lowest BCUT2D eigenvalue weighted by Crippen LogP contribution is -2.46. The van der Waals surface area contributed by atoms with E-state index in [0.717, 1.165) is 32.2 Å². The molecule has 0 saturated carbocycles. The van der Waals surface area contributed by atoms with Crippen LogP contribution in [0.5, 0.6) is 0 Å². The number of rotatable bonds is 5. The van der Waals surface area contributed by atoms with Crippen molar-refractivity contribution in [1.29, 1.82) is 0 Å². The smallest absolute Gasteiger partial charge is 0.242 e. The molecule has 1 saturated heterocycles. The van der Waals surface area contributed by atoms with Crippen LogP contribution in [0.25, 0.3) is 0 Å². The van der Waals surface area contributed by atoms with E-state index in [9.17, 15) is 9.59 Å². The highest BCUT2D eigenvalue weighted by atomic mass is 16.2. The standard InChI is InChI=1S/C13H20N4O2/c18-12-6-2-1-5-11(16-12)13(19)14-7-3-9-17-10-4-8-15-17/h4,8,10-11H,1-3,5-7,9H2,(H,14,19)(H,16,18). The van der Waals surface area contributed by atoms with E-state index in [4.69, 9.17) is 0 Å². The Labute approximate surface area is 112 Å². The van der Waals surface area contributed by atoms with Gasteiger partial charge in [0.1, 0.15) is 6.04 Å². The summed E-state index contributed by atoms with van der Waals surface area (Å²) in [5.74, 6) is -0.0927. The van der Waals surface area contributed by atoms with Crippen LogP contribution in [0.3, 0.4) is 0 Å². The minimum atomic E-state index is -0.361. The van der Waals surface area contributed by atoms with Crippen LogP contribution in [0.1, 0.15) is 32.1 Å². The summed E-state index contributed by atoms with van der Waals surface area (Å²) in [5.41, 5.74) is 0. The van der Waals surface area contributed by atoms with Crippen LogP contribution < -0.4 is 10.6 Å². The Hall–Kier alpha value is -1.85. The Kier molecular flexibility index (Phi) is 4.94. The second-order valence-corrected chi connectivity index (χ2v) is 4.78. The van der Waals surface area contributed by atoms with Gasteiger partial charge in [0.05, 0.1) is 0 Å². The number of amides is 2. The highest BCUT2D eigenvalue weighted by molar-refractivity contribution is 5.87. The fraction of sp³-hybridized carbons (Fsp3) is 0.615. The van der Waals surface area contributed by atoms with Crippen LogP contribution >= 0.6 is 0 Å². The van der Waals surface area contributed by atoms with E-state index in [0.29, 0.717) is 13.0 Å². The fourth-order valence-electron chi connectivity index (χ4n) is 2.18. The highest BCUT2D eigenvalue weighted by Crippen LogP contribution is 2.09. The molecule has 1 unspecified atom stereocenters. The molecule has 1 aromatic heterocycles. The Morgan fingerprint density at radius 3 is 3.21 bits per heavy atom. The van der Waals surface area contributed by atoms with Gasteiger partial charge in [0.2, 0.25) is 11.8 Å². The monoisotopic (exact) mass is 264 g/mol. The summed E-state index contributed by atoms with van der Waals surface area (Å²) in [6, 6.07) is 1.51. The van der Waals surface area contributed by atoms with Crippen molar-refractivity contribution in [2.75, 3.05) is 6.54 Å². The molecule has 1 aromatic rings. The average molecular weight is 264 g/mol. The summed E-state index contributed by atoms with van der Waals surface area (Å²) in [4.78, 5) is 23.3. The van der Waals surface area contributed by atoms with E-state index < -0.39 is 0 Å². The number of hydrogen-bond acceptors (Lipinski definition) is 3. The third kappa shape index (κ3) is 4.39. The summed E-state index contributed by atoms with van der Waals surface area (Å²) in [6.07, 6.45) is 7.51. The molecule has 19 heavy (non-hydrogen) atoms. The van der Waals surface area contributed by atoms with E-state index in [-0.39, 0.29) is 17.9 Å². The van der Waals surface area contributed by atoms with Gasteiger partial charge < -0.3 is 10.6 Å². The summed E-state index contributed by atoms with van der Waals surface area (Å²) in [5, 5.41) is 9.72. The molecule has 1 aliphatic rings. The minimum Gasteiger partial charge on any atom is -0.354 e. The van der Waals surface area contributed by atoms with Gasteiger partial charge in [-0.25, -0.2) is 0 Å². The topological polar surface area (TPSA) is 76.0 Å². The van der Waals surface area contributed by atoms with E-state index in [2.05, 4.69) is 15.7 Å². The molecule has 6 heteroatoms. The van der Waals surface area contributed by atoms with Crippen molar-refractivity contribution in [3.05, 3.63) is 18.5 Å². The summed E-state index contributed by atoms with van der Waals surface area (Å²) >= 11 is 0. The maximum atomic E-state index is 11.9. The quantitative estimate of drug-likeness (QED) is 0.758. The third-order valence-corrected chi connectivity index (χ3v) is 3.22. The van der Waals surface area contributed by atoms with Gasteiger partial charge in [0, 0.05) is 31.9 Å². The minimum absolute atomic E-state index is 0.0193. The van der Waals surface area contributed by atoms with E-state index >= 15 is 0 Å². The van der Waals surface area contributed by atoms with Gasteiger partial charge in [-0.15, -0.1) is 0 Å². The van der Waals surface area contributed by atoms with Gasteiger partial charge in [-0.1, -0.05) is 6.42 Å². The van der Waals surface area contributed by atoms with Crippen LogP contribution in [-0.2, 0) is 16.1 Å². The normalized spacial score (nSPS) is 19.6. The number of carbonyl (C=O) groups excluding carboxylic acids is 2. The number of aromatic nitrogens is 2. The summed E-state index contributed by atoms with van der Waals surface area (Å²) in [7, 11) is 0. The van der Waals surface area contributed by atoms with Crippen molar-refractivity contribution in [2.45, 2.75) is 44.7 Å². The third-order valence-electron chi connectivity index (χ3n) is 3.22. The van der Waals surface area contributed by atoms with Crippen molar-refractivity contribution >= 4 is 11.8 Å². The van der Waals surface area contributed by atoms with Gasteiger partial charge in [0.25, 0.3) is 0 Å². The lowest BCUT2D eigenvalue weighted by atomic mass is 10.1. The molecule has 2 N–H and O–H groups in total. The number of hydrogen-bond donors (Lipinski definition) is 2. The molecule has 104 valence electrons. The number of nitrogens with zero attached hydrogens (tertiary/aromatic N) is 2. The number of carbonyl (C=O) groups is 2. The summed E-state index contributed by atoms with van der Waals surface area (Å²) < 4.78 is 1.83. The maximum absolute atomic E-state index is 11.9. The van der Waals surface area contributed by atoms with Gasteiger partial charge in [-0.2, -0.15) is 5.10 Å². The zero-order valence-electron chi connectivity index (χ0n) is 11.0. The predicted molar refractivity (Wildman–Crippen MR) is 70.3 cm³/mol. The van der Waals surface area contributed by atoms with Gasteiger partial charge >= 0.3 is 0 Å². The van der Waals surface area contributed by atoms with Crippen LogP contribution in [0.15, 0.2) is 18.5 Å². The van der Waals surface area contributed by atoms with Gasteiger partial charge in [0.15, 0.2) is 0 Å². The van der Waals surface area contributed by atoms with Crippen molar-refractivity contribution < 1.29 is 9.59 Å². The Bertz CT molecular complexity index is 416. The largest absolute Gasteiger partial charge is 0.354 e. The van der Waals surface area contributed by atoms with E-state index in [1.807, 2.05) is 16.9 Å². The molecule has 0 spiro atoms. The Balaban J connectivity index is 1.67. The molecule has 0 aliphatic carbocycles. The zero-order valence-corrected chi connectivity index (χ0v) is 11.0. The first kappa shape index (κ1) is 13.6. The number of nitrogens with one attached hydrogen (secondary N) is 2. The van der Waals surface area contributed by atoms with Crippen molar-refractivity contribution in [2.24, 2.45) is 0 Å². The molecule has 6 nitrogen and oxygen atoms in total. The van der Waals surface area contributed by atoms with Crippen molar-refractivity contribution in [1.82, 2.24) is 20.4 Å². The predicted octanol–water partition coefficient (Wildman–Crippen LogP) is 0.448. The SMILES string of the molecule is O=C1CCCCC(C(=O)NCCCn2cccn2)N1. The first-order valence-electron chi connectivity index (χ1n) is 6.80. The molecule has 2 rings (SSSR count). The van der Waals surface area contributed by atoms with Crippen molar-refractivity contribution in [3.8, 4) is 0 Å². The molecule has 1 fully saturated rings. The average Bonchev–Trinajstić information content (AvgIpc) is 2.82. The summed E-state index contributed by atoms with van der Waals surface area (Å²) in [6.45, 7) is 1.38. The second kappa shape index (κ2) is 6.92. The second-order valence-electron chi connectivity index (χ2n) is 4.78. The lowest BCUT2D eigenvalue weighted by molar-refractivity contribution is -0.128. The van der Waals surface area contributed by atoms with Crippen LogP contribution in [-0.4, -0.2) is 34.2 Å². The number of aryl methyl sites for hydroxylation is 1. The van der Waals surface area contributed by atoms with Crippen LogP contribution in [0, 0.1) is 0 Å². The van der Waals surface area contributed by atoms with Crippen LogP contribution in [0.4, 0.5) is 0 Å². The zero-order chi connectivity index (χ0) is 13.5. The lowest BCUT2D eigenvalue weighted by Gasteiger charge is -2.15. The molecule has 2 heterocycles. The molecule has 1 aliphatic heterocycles. The van der Waals surface area contributed by atoms with E-state index in [1.54, 1.807) is 6.20 Å². The first-order chi connectivity index (χ1) is 9.25. The maximum Gasteiger partial charge on any atom is 0.242 e. The molecular formula is C13H20N4O2. The van der Waals surface area contributed by atoms with Crippen LogP contribution in [0.2, 0.25) is 0 Å². The van der Waals surface area contributed by atoms with Gasteiger partial charge in [-0.05, 0) is 25.3 Å². The molecule has 0 bridgehead atoms. The van der Waals surface area contributed by atoms with Gasteiger partial charge in [-0.3, -0.25) is 14.3 Å². The fourth-order valence-corrected chi connectivity index (χ4v) is 2.18. The first-order valence-corrected chi connectivity index (χ1v) is 6.80. The molecule has 1 atom stereocenters. The molecular weight excluding hydrogens is 244 g/mol. The molecule has 2 amide bonds. The molecule has 0 radical (unpaired) electrons. The Morgan fingerprint density at radius 1 is 1.53 bits per heavy atom. The highest BCUT2D eigenvalue weighted by Gasteiger charge is 2.22.